The van der Waals surface area contributed by atoms with Gasteiger partial charge in [-0.05, 0) is 18.4 Å². The molecule has 2 heteroatoms. The molecular formula is C11H14O2. The average molecular weight is 178 g/mol. The van der Waals surface area contributed by atoms with Crippen molar-refractivity contribution in [2.75, 3.05) is 7.11 Å². The summed E-state index contributed by atoms with van der Waals surface area (Å²) in [5, 5.41) is 0. The van der Waals surface area contributed by atoms with Crippen LogP contribution in [0.1, 0.15) is 19.3 Å². The molecule has 0 aliphatic heterocycles. The number of allylic oxidation sites excluding steroid dienone is 4. The fourth-order valence-corrected chi connectivity index (χ4v) is 2.21. The van der Waals surface area contributed by atoms with Gasteiger partial charge in [-0.2, -0.15) is 0 Å². The zero-order chi connectivity index (χ0) is 9.26. The molecule has 2 unspecified atom stereocenters. The van der Waals surface area contributed by atoms with Crippen LogP contribution in [-0.4, -0.2) is 12.9 Å². The zero-order valence-corrected chi connectivity index (χ0v) is 7.82. The van der Waals surface area contributed by atoms with Gasteiger partial charge in [-0.3, -0.25) is 4.79 Å². The zero-order valence-electron chi connectivity index (χ0n) is 7.82. The van der Waals surface area contributed by atoms with E-state index in [1.54, 1.807) is 7.11 Å². The monoisotopic (exact) mass is 178 g/mol. The van der Waals surface area contributed by atoms with E-state index in [2.05, 4.69) is 6.08 Å². The quantitative estimate of drug-likeness (QED) is 0.614. The van der Waals surface area contributed by atoms with E-state index in [0.717, 1.165) is 18.6 Å². The van der Waals surface area contributed by atoms with Crippen LogP contribution < -0.4 is 0 Å². The fraction of sp³-hybridized carbons (Fsp3) is 0.545. The Labute approximate surface area is 78.3 Å². The summed E-state index contributed by atoms with van der Waals surface area (Å²) in [6.07, 6.45) is 8.59. The van der Waals surface area contributed by atoms with Crippen LogP contribution in [0.3, 0.4) is 0 Å². The molecule has 2 aliphatic rings. The summed E-state index contributed by atoms with van der Waals surface area (Å²) in [7, 11) is 1.68. The molecule has 1 fully saturated rings. The first-order valence-electron chi connectivity index (χ1n) is 4.75. The second kappa shape index (κ2) is 3.36. The van der Waals surface area contributed by atoms with Crippen LogP contribution >= 0.6 is 0 Å². The Kier molecular flexibility index (Phi) is 2.21. The van der Waals surface area contributed by atoms with Gasteiger partial charge in [0.1, 0.15) is 5.78 Å². The fourth-order valence-electron chi connectivity index (χ4n) is 2.21. The molecule has 0 radical (unpaired) electrons. The Bertz CT molecular complexity index is 276. The number of Topliss-reactive ketones (excluding diaryl/α,β-unsaturated/α-hetero) is 1. The highest BCUT2D eigenvalue weighted by atomic mass is 16.5. The molecule has 1 saturated carbocycles. The summed E-state index contributed by atoms with van der Waals surface area (Å²) in [5.74, 6) is 2.19. The third kappa shape index (κ3) is 1.53. The largest absolute Gasteiger partial charge is 0.501 e. The topological polar surface area (TPSA) is 26.3 Å². The van der Waals surface area contributed by atoms with Gasteiger partial charge in [0.15, 0.2) is 0 Å². The molecular weight excluding hydrogens is 164 g/mol. The SMILES string of the molecule is COC1=CC=CC2CCC(=O)CC12. The van der Waals surface area contributed by atoms with Gasteiger partial charge in [0.05, 0.1) is 12.9 Å². The minimum Gasteiger partial charge on any atom is -0.501 e. The molecule has 13 heavy (non-hydrogen) atoms. The molecule has 2 rings (SSSR count). The summed E-state index contributed by atoms with van der Waals surface area (Å²) in [5.41, 5.74) is 0. The molecule has 0 aromatic heterocycles. The van der Waals surface area contributed by atoms with Gasteiger partial charge in [-0.15, -0.1) is 0 Å². The highest BCUT2D eigenvalue weighted by molar-refractivity contribution is 5.80. The van der Waals surface area contributed by atoms with Crippen LogP contribution in [0.25, 0.3) is 0 Å². The van der Waals surface area contributed by atoms with Crippen molar-refractivity contribution in [1.82, 2.24) is 0 Å². The van der Waals surface area contributed by atoms with Crippen LogP contribution in [-0.2, 0) is 9.53 Å². The lowest BCUT2D eigenvalue weighted by Crippen LogP contribution is -2.27. The predicted octanol–water partition coefficient (Wildman–Crippen LogP) is 2.07. The third-order valence-electron chi connectivity index (χ3n) is 2.94. The van der Waals surface area contributed by atoms with Crippen LogP contribution in [0, 0.1) is 11.8 Å². The van der Waals surface area contributed by atoms with E-state index in [9.17, 15) is 4.79 Å². The summed E-state index contributed by atoms with van der Waals surface area (Å²) >= 11 is 0. The van der Waals surface area contributed by atoms with E-state index in [1.807, 2.05) is 12.2 Å². The molecule has 2 atom stereocenters. The Morgan fingerprint density at radius 2 is 2.38 bits per heavy atom. The lowest BCUT2D eigenvalue weighted by atomic mass is 9.75. The van der Waals surface area contributed by atoms with Gasteiger partial charge in [0.2, 0.25) is 0 Å². The van der Waals surface area contributed by atoms with E-state index in [1.165, 1.54) is 0 Å². The van der Waals surface area contributed by atoms with Crippen molar-refractivity contribution < 1.29 is 9.53 Å². The lowest BCUT2D eigenvalue weighted by molar-refractivity contribution is -0.122. The number of hydrogen-bond acceptors (Lipinski definition) is 2. The van der Waals surface area contributed by atoms with Gasteiger partial charge in [-0.25, -0.2) is 0 Å². The number of fused-ring (bicyclic) bond motifs is 1. The van der Waals surface area contributed by atoms with Gasteiger partial charge < -0.3 is 4.74 Å². The van der Waals surface area contributed by atoms with Gasteiger partial charge >= 0.3 is 0 Å². The maximum Gasteiger partial charge on any atom is 0.133 e. The predicted molar refractivity (Wildman–Crippen MR) is 50.1 cm³/mol. The van der Waals surface area contributed by atoms with Gasteiger partial charge in [-0.1, -0.05) is 12.2 Å². The normalized spacial score (nSPS) is 32.4. The number of carbonyl (C=O) groups excluding carboxylic acids is 1. The maximum absolute atomic E-state index is 11.3. The molecule has 0 heterocycles. The third-order valence-corrected chi connectivity index (χ3v) is 2.94. The van der Waals surface area contributed by atoms with Crippen molar-refractivity contribution in [3.63, 3.8) is 0 Å². The van der Waals surface area contributed by atoms with Crippen molar-refractivity contribution in [3.8, 4) is 0 Å². The lowest BCUT2D eigenvalue weighted by Gasteiger charge is -2.31. The Balaban J connectivity index is 2.18. The smallest absolute Gasteiger partial charge is 0.133 e. The first-order chi connectivity index (χ1) is 6.31. The Hall–Kier alpha value is -1.05. The van der Waals surface area contributed by atoms with Crippen molar-refractivity contribution >= 4 is 5.78 Å². The molecule has 0 aromatic rings. The van der Waals surface area contributed by atoms with E-state index in [4.69, 9.17) is 4.74 Å². The van der Waals surface area contributed by atoms with E-state index in [0.29, 0.717) is 24.0 Å². The summed E-state index contributed by atoms with van der Waals surface area (Å²) in [4.78, 5) is 11.3. The van der Waals surface area contributed by atoms with Crippen molar-refractivity contribution in [2.24, 2.45) is 11.8 Å². The van der Waals surface area contributed by atoms with Gasteiger partial charge in [0, 0.05) is 18.8 Å². The maximum atomic E-state index is 11.3. The van der Waals surface area contributed by atoms with E-state index in [-0.39, 0.29) is 0 Å². The highest BCUT2D eigenvalue weighted by Gasteiger charge is 2.32. The summed E-state index contributed by atoms with van der Waals surface area (Å²) in [6, 6.07) is 0. The van der Waals surface area contributed by atoms with Crippen LogP contribution in [0.4, 0.5) is 0 Å². The molecule has 0 amide bonds. The summed E-state index contributed by atoms with van der Waals surface area (Å²) in [6.45, 7) is 0. The van der Waals surface area contributed by atoms with Crippen LogP contribution in [0.2, 0.25) is 0 Å². The second-order valence-corrected chi connectivity index (χ2v) is 3.71. The van der Waals surface area contributed by atoms with Crippen LogP contribution in [0.5, 0.6) is 0 Å². The second-order valence-electron chi connectivity index (χ2n) is 3.71. The van der Waals surface area contributed by atoms with E-state index >= 15 is 0 Å². The number of methoxy groups -OCH3 is 1. The molecule has 2 nitrogen and oxygen atoms in total. The highest BCUT2D eigenvalue weighted by Crippen LogP contribution is 2.36. The minimum atomic E-state index is 0.316. The standard InChI is InChI=1S/C11H14O2/c1-13-11-4-2-3-8-5-6-9(12)7-10(8)11/h2-4,8,10H,5-7H2,1H3. The Morgan fingerprint density at radius 3 is 3.15 bits per heavy atom. The number of ketones is 1. The molecule has 0 saturated heterocycles. The van der Waals surface area contributed by atoms with Crippen molar-refractivity contribution in [3.05, 3.63) is 24.0 Å². The first-order valence-corrected chi connectivity index (χ1v) is 4.75. The number of rotatable bonds is 1. The van der Waals surface area contributed by atoms with Crippen molar-refractivity contribution in [2.45, 2.75) is 19.3 Å². The molecule has 0 bridgehead atoms. The number of ether oxygens (including phenoxy) is 1. The average Bonchev–Trinajstić information content (AvgIpc) is 2.17. The van der Waals surface area contributed by atoms with E-state index < -0.39 is 0 Å². The first kappa shape index (κ1) is 8.54. The molecule has 0 N–H and O–H groups in total. The molecule has 2 aliphatic carbocycles. The number of hydrogen-bond donors (Lipinski definition) is 0. The van der Waals surface area contributed by atoms with Gasteiger partial charge in [0.25, 0.3) is 0 Å². The minimum absolute atomic E-state index is 0.316. The Morgan fingerprint density at radius 1 is 1.54 bits per heavy atom. The number of carbonyl (C=O) groups is 1. The van der Waals surface area contributed by atoms with Crippen molar-refractivity contribution in [1.29, 1.82) is 0 Å². The van der Waals surface area contributed by atoms with Crippen LogP contribution in [0.15, 0.2) is 24.0 Å². The molecule has 0 aromatic carbocycles. The molecule has 0 spiro atoms. The summed E-state index contributed by atoms with van der Waals surface area (Å²) < 4.78 is 5.27. The molecule has 70 valence electrons.